The van der Waals surface area contributed by atoms with Gasteiger partial charge in [0.15, 0.2) is 0 Å². The average Bonchev–Trinajstić information content (AvgIpc) is 2.54. The number of β-amino-alcohol motifs (C(OH)–C–C–N with tert-alkyl or cyclic N) is 1. The van der Waals surface area contributed by atoms with Crippen molar-refractivity contribution in [3.8, 4) is 0 Å². The maximum absolute atomic E-state index is 11.9. The number of hydrogen-bond acceptors (Lipinski definition) is 4. The molecule has 6 heteroatoms. The zero-order valence-corrected chi connectivity index (χ0v) is 9.20. The maximum atomic E-state index is 11.9. The van der Waals surface area contributed by atoms with Gasteiger partial charge in [0.05, 0.1) is 11.4 Å². The molecule has 3 N–H and O–H groups in total. The Morgan fingerprint density at radius 3 is 2.64 bits per heavy atom. The molecule has 0 aromatic heterocycles. The van der Waals surface area contributed by atoms with Gasteiger partial charge in [0.2, 0.25) is 10.0 Å². The molecule has 0 aromatic carbocycles. The van der Waals surface area contributed by atoms with Gasteiger partial charge in [-0.25, -0.2) is 8.42 Å². The fraction of sp³-hybridized carbons (Fsp3) is 1.00. The lowest BCUT2D eigenvalue weighted by Gasteiger charge is -2.21. The molecular weight excluding hydrogens is 204 g/mol. The van der Waals surface area contributed by atoms with Gasteiger partial charge in [0.1, 0.15) is 0 Å². The molecule has 84 valence electrons. The van der Waals surface area contributed by atoms with Crippen molar-refractivity contribution in [1.82, 2.24) is 4.31 Å². The molecule has 0 amide bonds. The minimum atomic E-state index is -3.29. The van der Waals surface area contributed by atoms with E-state index >= 15 is 0 Å². The molecule has 2 unspecified atom stereocenters. The zero-order valence-electron chi connectivity index (χ0n) is 8.39. The van der Waals surface area contributed by atoms with Gasteiger partial charge in [-0.1, -0.05) is 6.92 Å². The lowest BCUT2D eigenvalue weighted by Crippen LogP contribution is -2.41. The number of hydrogen-bond donors (Lipinski definition) is 2. The molecule has 1 rings (SSSR count). The molecule has 1 aliphatic heterocycles. The molecule has 14 heavy (non-hydrogen) atoms. The molecule has 0 aliphatic carbocycles. The van der Waals surface area contributed by atoms with Crippen LogP contribution in [0.1, 0.15) is 19.8 Å². The third-order valence-corrected chi connectivity index (χ3v) is 5.05. The zero-order chi connectivity index (χ0) is 10.8. The number of nitrogens with two attached hydrogens (primary N) is 1. The number of aliphatic hydroxyl groups excluding tert-OH is 1. The van der Waals surface area contributed by atoms with Crippen LogP contribution in [-0.4, -0.2) is 48.8 Å². The maximum Gasteiger partial charge on any atom is 0.218 e. The van der Waals surface area contributed by atoms with Gasteiger partial charge >= 0.3 is 0 Å². The number of sulfonamides is 1. The van der Waals surface area contributed by atoms with Crippen LogP contribution >= 0.6 is 0 Å². The fourth-order valence-electron chi connectivity index (χ4n) is 1.65. The quantitative estimate of drug-likeness (QED) is 0.647. The van der Waals surface area contributed by atoms with E-state index < -0.39 is 21.4 Å². The highest BCUT2D eigenvalue weighted by molar-refractivity contribution is 7.89. The van der Waals surface area contributed by atoms with Crippen LogP contribution in [0.2, 0.25) is 0 Å². The Labute approximate surface area is 84.9 Å². The number of nitrogens with zero attached hydrogens (tertiary/aromatic N) is 1. The van der Waals surface area contributed by atoms with Crippen LogP contribution in [-0.2, 0) is 10.0 Å². The van der Waals surface area contributed by atoms with Crippen LogP contribution < -0.4 is 5.73 Å². The summed E-state index contributed by atoms with van der Waals surface area (Å²) < 4.78 is 25.1. The van der Waals surface area contributed by atoms with E-state index in [-0.39, 0.29) is 13.1 Å². The number of rotatable bonds is 4. The Hall–Kier alpha value is -0.170. The summed E-state index contributed by atoms with van der Waals surface area (Å²) in [6.07, 6.45) is 0.533. The Morgan fingerprint density at radius 2 is 2.29 bits per heavy atom. The first-order valence-electron chi connectivity index (χ1n) is 4.89. The molecule has 0 aromatic rings. The summed E-state index contributed by atoms with van der Waals surface area (Å²) in [5.41, 5.74) is 5.40. The van der Waals surface area contributed by atoms with E-state index in [2.05, 4.69) is 0 Å². The third-order valence-electron chi connectivity index (χ3n) is 2.63. The third kappa shape index (κ3) is 2.25. The molecule has 1 saturated heterocycles. The second kappa shape index (κ2) is 4.57. The van der Waals surface area contributed by atoms with Crippen molar-refractivity contribution in [1.29, 1.82) is 0 Å². The molecule has 1 heterocycles. The highest BCUT2D eigenvalue weighted by Crippen LogP contribution is 2.18. The van der Waals surface area contributed by atoms with Crippen molar-refractivity contribution in [2.24, 2.45) is 5.73 Å². The SMILES string of the molecule is CCC(CN)S(=O)(=O)N1CCC(O)C1. The Kier molecular flexibility index (Phi) is 3.88. The van der Waals surface area contributed by atoms with E-state index in [1.807, 2.05) is 6.92 Å². The van der Waals surface area contributed by atoms with E-state index in [4.69, 9.17) is 5.73 Å². The summed E-state index contributed by atoms with van der Waals surface area (Å²) in [6.45, 7) is 2.59. The van der Waals surface area contributed by atoms with Crippen LogP contribution in [0.4, 0.5) is 0 Å². The summed E-state index contributed by atoms with van der Waals surface area (Å²) in [5.74, 6) is 0. The number of aliphatic hydroxyl groups is 1. The molecule has 0 spiro atoms. The van der Waals surface area contributed by atoms with Crippen LogP contribution in [0.15, 0.2) is 0 Å². The van der Waals surface area contributed by atoms with Gasteiger partial charge in [-0.3, -0.25) is 0 Å². The summed E-state index contributed by atoms with van der Waals surface area (Å²) in [5, 5.41) is 8.75. The van der Waals surface area contributed by atoms with Gasteiger partial charge in [-0.2, -0.15) is 4.31 Å². The van der Waals surface area contributed by atoms with Crippen molar-refractivity contribution in [3.63, 3.8) is 0 Å². The van der Waals surface area contributed by atoms with Crippen LogP contribution in [0.3, 0.4) is 0 Å². The molecule has 0 saturated carbocycles. The lowest BCUT2D eigenvalue weighted by atomic mass is 10.3. The van der Waals surface area contributed by atoms with E-state index in [0.717, 1.165) is 0 Å². The Bertz CT molecular complexity index is 274. The van der Waals surface area contributed by atoms with Crippen molar-refractivity contribution < 1.29 is 13.5 Å². The van der Waals surface area contributed by atoms with Gasteiger partial charge in [0.25, 0.3) is 0 Å². The van der Waals surface area contributed by atoms with Gasteiger partial charge < -0.3 is 10.8 Å². The summed E-state index contributed by atoms with van der Waals surface area (Å²) in [4.78, 5) is 0. The van der Waals surface area contributed by atoms with E-state index in [1.54, 1.807) is 0 Å². The molecule has 0 bridgehead atoms. The normalized spacial score (nSPS) is 26.6. The first-order valence-corrected chi connectivity index (χ1v) is 6.39. The predicted octanol–water partition coefficient (Wildman–Crippen LogP) is -0.880. The minimum absolute atomic E-state index is 0.144. The first-order chi connectivity index (χ1) is 6.52. The summed E-state index contributed by atoms with van der Waals surface area (Å²) >= 11 is 0. The Balaban J connectivity index is 2.74. The second-order valence-corrected chi connectivity index (χ2v) is 5.82. The second-order valence-electron chi connectivity index (χ2n) is 3.61. The molecule has 5 nitrogen and oxygen atoms in total. The van der Waals surface area contributed by atoms with Crippen LogP contribution in [0.5, 0.6) is 0 Å². The van der Waals surface area contributed by atoms with E-state index in [9.17, 15) is 13.5 Å². The standard InChI is InChI=1S/C8H18N2O3S/c1-2-8(5-9)14(12,13)10-4-3-7(11)6-10/h7-8,11H,2-6,9H2,1H3. The van der Waals surface area contributed by atoms with Crippen molar-refractivity contribution in [3.05, 3.63) is 0 Å². The highest BCUT2D eigenvalue weighted by Gasteiger charge is 2.34. The van der Waals surface area contributed by atoms with Crippen molar-refractivity contribution in [2.75, 3.05) is 19.6 Å². The lowest BCUT2D eigenvalue weighted by molar-refractivity contribution is 0.189. The van der Waals surface area contributed by atoms with Gasteiger partial charge in [0, 0.05) is 19.6 Å². The highest BCUT2D eigenvalue weighted by atomic mass is 32.2. The summed E-state index contributed by atoms with van der Waals surface area (Å²) in [7, 11) is -3.29. The van der Waals surface area contributed by atoms with Crippen molar-refractivity contribution in [2.45, 2.75) is 31.1 Å². The molecular formula is C8H18N2O3S. The molecule has 0 radical (unpaired) electrons. The van der Waals surface area contributed by atoms with E-state index in [1.165, 1.54) is 4.31 Å². The van der Waals surface area contributed by atoms with Gasteiger partial charge in [-0.15, -0.1) is 0 Å². The van der Waals surface area contributed by atoms with Gasteiger partial charge in [-0.05, 0) is 12.8 Å². The minimum Gasteiger partial charge on any atom is -0.392 e. The van der Waals surface area contributed by atoms with Crippen LogP contribution in [0, 0.1) is 0 Å². The predicted molar refractivity (Wildman–Crippen MR) is 54.3 cm³/mol. The van der Waals surface area contributed by atoms with Crippen molar-refractivity contribution >= 4 is 10.0 Å². The topological polar surface area (TPSA) is 83.6 Å². The molecule has 1 aliphatic rings. The monoisotopic (exact) mass is 222 g/mol. The smallest absolute Gasteiger partial charge is 0.218 e. The summed E-state index contributed by atoms with van der Waals surface area (Å²) in [6, 6.07) is 0. The first kappa shape index (κ1) is 11.9. The largest absolute Gasteiger partial charge is 0.392 e. The fourth-order valence-corrected chi connectivity index (χ4v) is 3.48. The van der Waals surface area contributed by atoms with Crippen LogP contribution in [0.25, 0.3) is 0 Å². The molecule has 2 atom stereocenters. The average molecular weight is 222 g/mol. The Morgan fingerprint density at radius 1 is 1.64 bits per heavy atom. The molecule has 1 fully saturated rings. The van der Waals surface area contributed by atoms with E-state index in [0.29, 0.717) is 19.4 Å².